The van der Waals surface area contributed by atoms with Crippen molar-refractivity contribution in [3.05, 3.63) is 27.7 Å². The van der Waals surface area contributed by atoms with E-state index in [4.69, 9.17) is 0 Å². The molecule has 0 aliphatic carbocycles. The fourth-order valence-electron chi connectivity index (χ4n) is 0. The SMILES string of the molecule is [CH2-]C(C)OC.[CH2-]CCC.[CH2-]CCC.[CH2-]CCC.[Cl][Ru]. The van der Waals surface area contributed by atoms with Crippen LogP contribution in [-0.2, 0) is 22.0 Å². The van der Waals surface area contributed by atoms with Crippen molar-refractivity contribution in [2.75, 3.05) is 7.11 Å². The second-order valence-electron chi connectivity index (χ2n) is 3.61. The third-order valence-corrected chi connectivity index (χ3v) is 1.46. The molecule has 1 unspecified atom stereocenters. The molecule has 1 nitrogen and oxygen atoms in total. The van der Waals surface area contributed by atoms with E-state index in [0.29, 0.717) is 0 Å². The topological polar surface area (TPSA) is 9.23 Å². The van der Waals surface area contributed by atoms with E-state index < -0.39 is 0 Å². The van der Waals surface area contributed by atoms with Crippen molar-refractivity contribution in [3.63, 3.8) is 0 Å². The molecule has 0 aromatic heterocycles. The maximum atomic E-state index is 4.64. The van der Waals surface area contributed by atoms with Gasteiger partial charge in [-0.15, -0.1) is 0 Å². The van der Waals surface area contributed by atoms with Crippen LogP contribution in [0.25, 0.3) is 0 Å². The van der Waals surface area contributed by atoms with Crippen LogP contribution >= 0.6 is 9.69 Å². The first-order valence-corrected chi connectivity index (χ1v) is 9.12. The first kappa shape index (κ1) is 32.0. The number of ether oxygens (including phenoxy) is 1. The zero-order chi connectivity index (χ0) is 16.5. The van der Waals surface area contributed by atoms with Crippen molar-refractivity contribution in [2.45, 2.75) is 72.3 Å². The first-order chi connectivity index (χ1) is 9.01. The fourth-order valence-corrected chi connectivity index (χ4v) is 0. The minimum absolute atomic E-state index is 0.134. The van der Waals surface area contributed by atoms with Crippen molar-refractivity contribution < 1.29 is 22.0 Å². The van der Waals surface area contributed by atoms with Crippen LogP contribution in [-0.4, -0.2) is 13.2 Å². The molecule has 0 saturated heterocycles. The molecule has 0 heterocycles. The second kappa shape index (κ2) is 51.0. The summed E-state index contributed by atoms with van der Waals surface area (Å²) >= 11 is 1.82. The van der Waals surface area contributed by atoms with Gasteiger partial charge in [-0.1, -0.05) is 53.1 Å². The fraction of sp³-hybridized carbons (Fsp3) is 0.750. The average Bonchev–Trinajstić information content (AvgIpc) is 2.49. The Balaban J connectivity index is -0.0000000441. The Morgan fingerprint density at radius 1 is 0.895 bits per heavy atom. The van der Waals surface area contributed by atoms with E-state index in [9.17, 15) is 0 Å². The van der Waals surface area contributed by atoms with E-state index in [2.05, 4.69) is 62.9 Å². The summed E-state index contributed by atoms with van der Waals surface area (Å²) in [6.07, 6.45) is 6.97. The van der Waals surface area contributed by atoms with Crippen LogP contribution in [0.15, 0.2) is 0 Å². The van der Waals surface area contributed by atoms with Crippen molar-refractivity contribution in [2.24, 2.45) is 0 Å². The third kappa shape index (κ3) is 156. The summed E-state index contributed by atoms with van der Waals surface area (Å²) in [5, 5.41) is 0. The van der Waals surface area contributed by atoms with Crippen LogP contribution in [0, 0.1) is 27.7 Å². The summed E-state index contributed by atoms with van der Waals surface area (Å²) in [6, 6.07) is 0. The van der Waals surface area contributed by atoms with Gasteiger partial charge >= 0.3 is 27.0 Å². The molecule has 125 valence electrons. The zero-order valence-electron chi connectivity index (χ0n) is 13.8. The Hall–Kier alpha value is 0.873. The molecule has 0 amide bonds. The molecule has 0 aromatic carbocycles. The summed E-state index contributed by atoms with van der Waals surface area (Å²) in [7, 11) is 6.21. The van der Waals surface area contributed by atoms with Gasteiger partial charge in [-0.25, -0.2) is 0 Å². The van der Waals surface area contributed by atoms with E-state index in [-0.39, 0.29) is 6.10 Å². The first-order valence-electron chi connectivity index (χ1n) is 6.88. The number of halogens is 1. The molecule has 1 atom stereocenters. The summed E-state index contributed by atoms with van der Waals surface area (Å²) in [6.45, 7) is 22.6. The normalized spacial score (nSPS) is 9.00. The monoisotopic (exact) mass is 381 g/mol. The predicted molar refractivity (Wildman–Crippen MR) is 88.5 cm³/mol. The molecule has 0 radical (unpaired) electrons. The molecule has 0 spiro atoms. The molecule has 0 N–H and O–H groups in total. The second-order valence-corrected chi connectivity index (χ2v) is 3.61. The summed E-state index contributed by atoms with van der Waals surface area (Å²) in [4.78, 5) is 0. The van der Waals surface area contributed by atoms with Gasteiger partial charge in [-0.05, 0) is 0 Å². The molecule has 0 rings (SSSR count). The van der Waals surface area contributed by atoms with Gasteiger partial charge < -0.3 is 32.4 Å². The van der Waals surface area contributed by atoms with Crippen molar-refractivity contribution in [3.8, 4) is 0 Å². The molecule has 0 aromatic rings. The van der Waals surface area contributed by atoms with Gasteiger partial charge in [-0.2, -0.15) is 19.3 Å². The van der Waals surface area contributed by atoms with Crippen molar-refractivity contribution >= 4 is 9.69 Å². The molecule has 0 saturated carbocycles. The number of methoxy groups -OCH3 is 1. The van der Waals surface area contributed by atoms with E-state index in [1.807, 2.05) is 24.2 Å². The van der Waals surface area contributed by atoms with Crippen molar-refractivity contribution in [1.29, 1.82) is 0 Å². The standard InChI is InChI=1S/C4H9O.3C4H9.ClH.Ru/c1-4(2)5-3;3*1-3-4-2;;/h4H,1H2,2-3H3;3*1,3-4H2,2H3;1H;/q4*-1;;+1/p-1. The van der Waals surface area contributed by atoms with Crippen LogP contribution < -0.4 is 0 Å². The summed E-state index contributed by atoms with van der Waals surface area (Å²) < 4.78 is 4.64. The molecular formula is C16H36ClORu-4. The quantitative estimate of drug-likeness (QED) is 0.404. The van der Waals surface area contributed by atoms with Crippen LogP contribution in [0.1, 0.15) is 66.2 Å². The van der Waals surface area contributed by atoms with Crippen LogP contribution in [0.3, 0.4) is 0 Å². The van der Waals surface area contributed by atoms with Gasteiger partial charge in [0.25, 0.3) is 0 Å². The zero-order valence-corrected chi connectivity index (χ0v) is 16.3. The van der Waals surface area contributed by atoms with Gasteiger partial charge in [0.05, 0.1) is 0 Å². The van der Waals surface area contributed by atoms with Crippen molar-refractivity contribution in [1.82, 2.24) is 0 Å². The van der Waals surface area contributed by atoms with Crippen LogP contribution in [0.2, 0.25) is 0 Å². The Kier molecular flexibility index (Phi) is 85.9. The van der Waals surface area contributed by atoms with E-state index >= 15 is 0 Å². The Morgan fingerprint density at radius 2 is 1.00 bits per heavy atom. The molecule has 0 fully saturated rings. The number of rotatable bonds is 4. The molecule has 0 aliphatic rings. The van der Waals surface area contributed by atoms with E-state index in [1.165, 1.54) is 19.3 Å². The van der Waals surface area contributed by atoms with E-state index in [0.717, 1.165) is 19.3 Å². The number of hydrogen-bond donors (Lipinski definition) is 0. The maximum absolute atomic E-state index is 4.64. The summed E-state index contributed by atoms with van der Waals surface area (Å²) in [5.74, 6) is 0. The average molecular weight is 381 g/mol. The van der Waals surface area contributed by atoms with Gasteiger partial charge in [0.2, 0.25) is 0 Å². The third-order valence-electron chi connectivity index (χ3n) is 1.46. The molecule has 3 heteroatoms. The summed E-state index contributed by atoms with van der Waals surface area (Å²) in [5.41, 5.74) is 0. The van der Waals surface area contributed by atoms with Crippen LogP contribution in [0.5, 0.6) is 0 Å². The molecule has 0 aliphatic heterocycles. The molecule has 0 bridgehead atoms. The molecular weight excluding hydrogens is 345 g/mol. The minimum atomic E-state index is 0.134. The van der Waals surface area contributed by atoms with Crippen LogP contribution in [0.4, 0.5) is 0 Å². The Morgan fingerprint density at radius 3 is 1.00 bits per heavy atom. The number of hydrogen-bond acceptors (Lipinski definition) is 1. The van der Waals surface area contributed by atoms with E-state index in [1.54, 1.807) is 7.11 Å². The van der Waals surface area contributed by atoms with Gasteiger partial charge in [0.15, 0.2) is 0 Å². The Bertz CT molecular complexity index is 65.6. The van der Waals surface area contributed by atoms with Gasteiger partial charge in [0, 0.05) is 7.11 Å². The van der Waals surface area contributed by atoms with Gasteiger partial charge in [0.1, 0.15) is 0 Å². The Labute approximate surface area is 138 Å². The molecule has 19 heavy (non-hydrogen) atoms. The predicted octanol–water partition coefficient (Wildman–Crippen LogP) is 6.40. The van der Waals surface area contributed by atoms with Gasteiger partial charge in [-0.3, -0.25) is 0 Å². The number of unbranched alkanes of at least 4 members (excludes halogenated alkanes) is 3.